The normalized spacial score (nSPS) is 12.6. The third-order valence-electron chi connectivity index (χ3n) is 10.1. The van der Waals surface area contributed by atoms with Crippen LogP contribution in [0.2, 0.25) is 0 Å². The molecule has 0 heterocycles. The molecule has 0 aromatic rings. The van der Waals surface area contributed by atoms with Gasteiger partial charge in [0, 0.05) is 12.8 Å². The summed E-state index contributed by atoms with van der Waals surface area (Å²) in [5.74, 6) is -0.619. The van der Waals surface area contributed by atoms with Crippen LogP contribution in [-0.4, -0.2) is 36.4 Å². The molecule has 0 rings (SSSR count). The molecule has 0 spiro atoms. The number of unbranched alkanes of at least 4 members (excludes halogenated alkanes) is 26. The lowest BCUT2D eigenvalue weighted by Crippen LogP contribution is -2.28. The zero-order valence-corrected chi connectivity index (χ0v) is 35.7. The molecule has 5 nitrogen and oxygen atoms in total. The fraction of sp³-hybridized carbons (Fsp3) is 0.796. The van der Waals surface area contributed by atoms with Crippen molar-refractivity contribution in [3.63, 3.8) is 0 Å². The van der Waals surface area contributed by atoms with Crippen LogP contribution in [0.25, 0.3) is 0 Å². The molecule has 0 aliphatic rings. The van der Waals surface area contributed by atoms with Crippen molar-refractivity contribution in [3.8, 4) is 0 Å². The van der Waals surface area contributed by atoms with Crippen molar-refractivity contribution in [2.75, 3.05) is 13.2 Å². The van der Waals surface area contributed by atoms with Crippen molar-refractivity contribution < 1.29 is 24.2 Å². The molecule has 0 radical (unpaired) electrons. The minimum absolute atomic E-state index is 0.0770. The van der Waals surface area contributed by atoms with Gasteiger partial charge in [-0.25, -0.2) is 0 Å². The lowest BCUT2D eigenvalue weighted by molar-refractivity contribution is -0.161. The van der Waals surface area contributed by atoms with E-state index in [9.17, 15) is 14.7 Å². The van der Waals surface area contributed by atoms with Crippen LogP contribution in [0.4, 0.5) is 0 Å². The molecule has 1 N–H and O–H groups in total. The molecule has 0 unspecified atom stereocenters. The molecule has 1 atom stereocenters. The van der Waals surface area contributed by atoms with Crippen molar-refractivity contribution in [1.82, 2.24) is 0 Å². The fourth-order valence-corrected chi connectivity index (χ4v) is 6.60. The summed E-state index contributed by atoms with van der Waals surface area (Å²) in [6.07, 6.45) is 57.6. The Morgan fingerprint density at radius 3 is 1.15 bits per heavy atom. The Hall–Kier alpha value is -2.14. The SMILES string of the molecule is CCCCC/C=C/C/C=C/C/C=C/C/C=C/CCCCCC(=O)O[C@@H](CO)COC(=O)CCCCCCCCCCCCCCCCCCCCCCC. The molecule has 0 amide bonds. The zero-order valence-electron chi connectivity index (χ0n) is 35.7. The molecule has 0 saturated heterocycles. The van der Waals surface area contributed by atoms with E-state index in [1.807, 2.05) is 0 Å². The largest absolute Gasteiger partial charge is 0.462 e. The van der Waals surface area contributed by atoms with Gasteiger partial charge in [-0.15, -0.1) is 0 Å². The van der Waals surface area contributed by atoms with Gasteiger partial charge in [-0.2, -0.15) is 0 Å². The van der Waals surface area contributed by atoms with Crippen LogP contribution in [0.5, 0.6) is 0 Å². The molecule has 0 aliphatic carbocycles. The van der Waals surface area contributed by atoms with Gasteiger partial charge in [0.1, 0.15) is 6.61 Å². The van der Waals surface area contributed by atoms with Gasteiger partial charge in [-0.05, 0) is 57.8 Å². The first-order chi connectivity index (χ1) is 26.6. The highest BCUT2D eigenvalue weighted by Gasteiger charge is 2.16. The number of ether oxygens (including phenoxy) is 2. The van der Waals surface area contributed by atoms with Crippen LogP contribution in [0, 0.1) is 0 Å². The van der Waals surface area contributed by atoms with Crippen molar-refractivity contribution in [1.29, 1.82) is 0 Å². The number of esters is 2. The minimum atomic E-state index is -0.787. The molecule has 0 bridgehead atoms. The quantitative estimate of drug-likeness (QED) is 0.0381. The van der Waals surface area contributed by atoms with E-state index >= 15 is 0 Å². The maximum atomic E-state index is 12.2. The topological polar surface area (TPSA) is 72.8 Å². The highest BCUT2D eigenvalue weighted by Crippen LogP contribution is 2.16. The maximum Gasteiger partial charge on any atom is 0.306 e. The number of hydrogen-bond acceptors (Lipinski definition) is 5. The van der Waals surface area contributed by atoms with E-state index in [1.165, 1.54) is 141 Å². The average molecular weight is 757 g/mol. The Bertz CT molecular complexity index is 904. The average Bonchev–Trinajstić information content (AvgIpc) is 3.17. The Morgan fingerprint density at radius 2 is 0.741 bits per heavy atom. The predicted molar refractivity (Wildman–Crippen MR) is 233 cm³/mol. The fourth-order valence-electron chi connectivity index (χ4n) is 6.60. The monoisotopic (exact) mass is 757 g/mol. The first kappa shape index (κ1) is 51.9. The van der Waals surface area contributed by atoms with Crippen LogP contribution >= 0.6 is 0 Å². The second-order valence-electron chi connectivity index (χ2n) is 15.5. The van der Waals surface area contributed by atoms with E-state index in [1.54, 1.807) is 0 Å². The number of allylic oxidation sites excluding steroid dienone is 8. The first-order valence-electron chi connectivity index (χ1n) is 23.2. The van der Waals surface area contributed by atoms with Crippen LogP contribution in [-0.2, 0) is 19.1 Å². The number of hydrogen-bond donors (Lipinski definition) is 1. The highest BCUT2D eigenvalue weighted by molar-refractivity contribution is 5.70. The summed E-state index contributed by atoms with van der Waals surface area (Å²) in [6, 6.07) is 0. The Morgan fingerprint density at radius 1 is 0.426 bits per heavy atom. The van der Waals surface area contributed by atoms with Crippen LogP contribution in [0.15, 0.2) is 48.6 Å². The summed E-state index contributed by atoms with van der Waals surface area (Å²) in [7, 11) is 0. The van der Waals surface area contributed by atoms with Gasteiger partial charge in [-0.1, -0.05) is 210 Å². The number of carbonyl (C=O) groups is 2. The summed E-state index contributed by atoms with van der Waals surface area (Å²) in [6.45, 7) is 4.10. The highest BCUT2D eigenvalue weighted by atomic mass is 16.6. The van der Waals surface area contributed by atoms with Gasteiger partial charge >= 0.3 is 11.9 Å². The number of aliphatic hydroxyl groups excluding tert-OH is 1. The van der Waals surface area contributed by atoms with Crippen molar-refractivity contribution in [3.05, 3.63) is 48.6 Å². The lowest BCUT2D eigenvalue weighted by Gasteiger charge is -2.15. The number of carbonyl (C=O) groups excluding carboxylic acids is 2. The van der Waals surface area contributed by atoms with Crippen LogP contribution < -0.4 is 0 Å². The molecule has 0 aromatic heterocycles. The summed E-state index contributed by atoms with van der Waals surface area (Å²) in [4.78, 5) is 24.4. The van der Waals surface area contributed by atoms with E-state index in [-0.39, 0.29) is 25.2 Å². The van der Waals surface area contributed by atoms with Gasteiger partial charge in [-0.3, -0.25) is 9.59 Å². The summed E-state index contributed by atoms with van der Waals surface area (Å²) >= 11 is 0. The van der Waals surface area contributed by atoms with Crippen LogP contribution in [0.1, 0.15) is 232 Å². The van der Waals surface area contributed by atoms with Crippen LogP contribution in [0.3, 0.4) is 0 Å². The molecule has 0 fully saturated rings. The van der Waals surface area contributed by atoms with Gasteiger partial charge in [0.15, 0.2) is 6.10 Å². The van der Waals surface area contributed by atoms with Gasteiger partial charge in [0.25, 0.3) is 0 Å². The summed E-state index contributed by atoms with van der Waals surface area (Å²) in [5.41, 5.74) is 0. The number of rotatable bonds is 42. The Kier molecular flexibility index (Phi) is 43.5. The third kappa shape index (κ3) is 42.6. The standard InChI is InChI=1S/C49H88O5/c1-3-5-7-9-11-13-15-17-19-21-23-24-26-27-29-31-33-35-37-39-41-43-48(51)53-46-47(45-50)54-49(52)44-42-40-38-36-34-32-30-28-25-22-20-18-16-14-12-10-8-6-4-2/h12,14,18,20,25,28,32,34,47,50H,3-11,13,15-17,19,21-24,26-27,29-31,33,35-46H2,1-2H3/b14-12+,20-18+,28-25+,34-32+/t47-/m0/s1. The van der Waals surface area contributed by atoms with Gasteiger partial charge in [0.05, 0.1) is 6.61 Å². The number of aliphatic hydroxyl groups is 1. The first-order valence-corrected chi connectivity index (χ1v) is 23.2. The van der Waals surface area contributed by atoms with E-state index in [4.69, 9.17) is 9.47 Å². The summed E-state index contributed by atoms with van der Waals surface area (Å²) in [5, 5.41) is 9.59. The smallest absolute Gasteiger partial charge is 0.306 e. The van der Waals surface area contributed by atoms with Gasteiger partial charge < -0.3 is 14.6 Å². The van der Waals surface area contributed by atoms with E-state index in [2.05, 4.69) is 62.5 Å². The second kappa shape index (κ2) is 45.3. The van der Waals surface area contributed by atoms with Crippen molar-refractivity contribution in [2.24, 2.45) is 0 Å². The molecule has 5 heteroatoms. The molecule has 54 heavy (non-hydrogen) atoms. The van der Waals surface area contributed by atoms with E-state index < -0.39 is 6.10 Å². The van der Waals surface area contributed by atoms with E-state index in [0.29, 0.717) is 12.8 Å². The molecule has 314 valence electrons. The third-order valence-corrected chi connectivity index (χ3v) is 10.1. The lowest BCUT2D eigenvalue weighted by atomic mass is 10.0. The molecule has 0 aromatic carbocycles. The maximum absolute atomic E-state index is 12.2. The Balaban J connectivity index is 3.56. The van der Waals surface area contributed by atoms with Crippen molar-refractivity contribution in [2.45, 2.75) is 238 Å². The molecule has 0 saturated carbocycles. The molecular weight excluding hydrogens is 669 g/mol. The van der Waals surface area contributed by atoms with Gasteiger partial charge in [0.2, 0.25) is 0 Å². The molecular formula is C49H88O5. The second-order valence-corrected chi connectivity index (χ2v) is 15.5. The minimum Gasteiger partial charge on any atom is -0.462 e. The van der Waals surface area contributed by atoms with E-state index in [0.717, 1.165) is 64.2 Å². The summed E-state index contributed by atoms with van der Waals surface area (Å²) < 4.78 is 10.6. The zero-order chi connectivity index (χ0) is 39.3. The predicted octanol–water partition coefficient (Wildman–Crippen LogP) is 15.0. The Labute approximate surface area is 335 Å². The van der Waals surface area contributed by atoms with Crippen molar-refractivity contribution >= 4 is 11.9 Å². The molecule has 0 aliphatic heterocycles.